The molecule has 0 heterocycles. The minimum atomic E-state index is -5.59. The van der Waals surface area contributed by atoms with E-state index >= 15 is 0 Å². The van der Waals surface area contributed by atoms with Gasteiger partial charge in [-0.15, -0.1) is 0 Å². The first-order valence-corrected chi connectivity index (χ1v) is 5.28. The Bertz CT molecular complexity index is 405. The standard InChI is InChI=1S/C12H14F5N/c1-10(2,7-18)8-3-5-9(6-4-8)11(13,14)12(15,16)17/h3-6H,7,18H2,1-2H3. The van der Waals surface area contributed by atoms with Crippen LogP contribution in [0.15, 0.2) is 24.3 Å². The summed E-state index contributed by atoms with van der Waals surface area (Å²) in [7, 11) is 0. The molecule has 0 aromatic heterocycles. The lowest BCUT2D eigenvalue weighted by molar-refractivity contribution is -0.289. The number of halogens is 5. The summed E-state index contributed by atoms with van der Waals surface area (Å²) in [5.74, 6) is -4.83. The van der Waals surface area contributed by atoms with Crippen LogP contribution in [0.1, 0.15) is 25.0 Å². The molecule has 1 rings (SSSR count). The molecule has 0 saturated heterocycles. The molecular formula is C12H14F5N. The molecule has 1 nitrogen and oxygen atoms in total. The van der Waals surface area contributed by atoms with E-state index in [-0.39, 0.29) is 6.54 Å². The van der Waals surface area contributed by atoms with Crippen LogP contribution in [0, 0.1) is 0 Å². The van der Waals surface area contributed by atoms with E-state index in [2.05, 4.69) is 0 Å². The van der Waals surface area contributed by atoms with Crippen molar-refractivity contribution in [2.45, 2.75) is 31.4 Å². The van der Waals surface area contributed by atoms with Gasteiger partial charge in [-0.05, 0) is 5.56 Å². The van der Waals surface area contributed by atoms with E-state index in [0.717, 1.165) is 12.1 Å². The van der Waals surface area contributed by atoms with Crippen molar-refractivity contribution < 1.29 is 22.0 Å². The minimum Gasteiger partial charge on any atom is -0.330 e. The molecule has 1 aromatic rings. The molecule has 0 amide bonds. The van der Waals surface area contributed by atoms with Crippen LogP contribution >= 0.6 is 0 Å². The fraction of sp³-hybridized carbons (Fsp3) is 0.500. The van der Waals surface area contributed by atoms with Crippen molar-refractivity contribution in [2.75, 3.05) is 6.54 Å². The van der Waals surface area contributed by atoms with Gasteiger partial charge >= 0.3 is 12.1 Å². The molecule has 1 aromatic carbocycles. The van der Waals surface area contributed by atoms with E-state index in [1.54, 1.807) is 13.8 Å². The maximum Gasteiger partial charge on any atom is 0.458 e. The summed E-state index contributed by atoms with van der Waals surface area (Å²) in [4.78, 5) is 0. The summed E-state index contributed by atoms with van der Waals surface area (Å²) < 4.78 is 62.5. The summed E-state index contributed by atoms with van der Waals surface area (Å²) in [6, 6.07) is 4.09. The lowest BCUT2D eigenvalue weighted by Crippen LogP contribution is -2.34. The van der Waals surface area contributed by atoms with Crippen LogP contribution in [0.5, 0.6) is 0 Å². The monoisotopic (exact) mass is 267 g/mol. The van der Waals surface area contributed by atoms with E-state index in [9.17, 15) is 22.0 Å². The Morgan fingerprint density at radius 2 is 1.28 bits per heavy atom. The Morgan fingerprint density at radius 1 is 0.889 bits per heavy atom. The fourth-order valence-corrected chi connectivity index (χ4v) is 1.41. The Hall–Kier alpha value is -1.17. The zero-order valence-corrected chi connectivity index (χ0v) is 9.98. The van der Waals surface area contributed by atoms with Gasteiger partial charge in [-0.3, -0.25) is 0 Å². The fourth-order valence-electron chi connectivity index (χ4n) is 1.41. The largest absolute Gasteiger partial charge is 0.458 e. The molecule has 0 radical (unpaired) electrons. The van der Waals surface area contributed by atoms with Gasteiger partial charge in [0.2, 0.25) is 0 Å². The van der Waals surface area contributed by atoms with Crippen LogP contribution in [0.25, 0.3) is 0 Å². The molecule has 18 heavy (non-hydrogen) atoms. The van der Waals surface area contributed by atoms with Gasteiger partial charge in [-0.25, -0.2) is 0 Å². The van der Waals surface area contributed by atoms with Gasteiger partial charge in [0.05, 0.1) is 0 Å². The Morgan fingerprint density at radius 3 is 1.61 bits per heavy atom. The third-order valence-electron chi connectivity index (χ3n) is 2.90. The Kier molecular flexibility index (Phi) is 3.72. The molecule has 0 aliphatic carbocycles. The zero-order valence-electron chi connectivity index (χ0n) is 9.98. The predicted molar refractivity (Wildman–Crippen MR) is 58.5 cm³/mol. The normalized spacial score (nSPS) is 13.8. The molecule has 0 spiro atoms. The molecule has 0 atom stereocenters. The highest BCUT2D eigenvalue weighted by atomic mass is 19.4. The summed E-state index contributed by atoms with van der Waals surface area (Å²) in [5, 5.41) is 0. The first-order chi connectivity index (χ1) is 8.02. The Balaban J connectivity index is 3.11. The molecule has 6 heteroatoms. The lowest BCUT2D eigenvalue weighted by Gasteiger charge is -2.25. The number of hydrogen-bond acceptors (Lipinski definition) is 1. The van der Waals surface area contributed by atoms with Crippen molar-refractivity contribution in [2.24, 2.45) is 5.73 Å². The molecule has 0 aliphatic rings. The highest BCUT2D eigenvalue weighted by Gasteiger charge is 2.58. The average Bonchev–Trinajstić information content (AvgIpc) is 2.27. The lowest BCUT2D eigenvalue weighted by atomic mass is 9.84. The Labute approximate surface area is 102 Å². The highest BCUT2D eigenvalue weighted by molar-refractivity contribution is 5.31. The molecular weight excluding hydrogens is 253 g/mol. The van der Waals surface area contributed by atoms with Crippen molar-refractivity contribution in [1.82, 2.24) is 0 Å². The van der Waals surface area contributed by atoms with Crippen LogP contribution in [0.4, 0.5) is 22.0 Å². The van der Waals surface area contributed by atoms with Crippen LogP contribution in [-0.2, 0) is 11.3 Å². The van der Waals surface area contributed by atoms with E-state index in [4.69, 9.17) is 5.73 Å². The summed E-state index contributed by atoms with van der Waals surface area (Å²) in [6.45, 7) is 3.83. The molecule has 2 N–H and O–H groups in total. The van der Waals surface area contributed by atoms with Crippen molar-refractivity contribution >= 4 is 0 Å². The van der Waals surface area contributed by atoms with Gasteiger partial charge in [0.1, 0.15) is 0 Å². The maximum atomic E-state index is 13.0. The predicted octanol–water partition coefficient (Wildman–Crippen LogP) is 3.58. The number of nitrogens with two attached hydrogens (primary N) is 1. The quantitative estimate of drug-likeness (QED) is 0.832. The van der Waals surface area contributed by atoms with Crippen molar-refractivity contribution in [1.29, 1.82) is 0 Å². The van der Waals surface area contributed by atoms with Crippen LogP contribution < -0.4 is 5.73 Å². The molecule has 0 aliphatic heterocycles. The summed E-state index contributed by atoms with van der Waals surface area (Å²) in [6.07, 6.45) is -5.59. The van der Waals surface area contributed by atoms with Crippen LogP contribution in [0.2, 0.25) is 0 Å². The van der Waals surface area contributed by atoms with E-state index in [1.807, 2.05) is 0 Å². The topological polar surface area (TPSA) is 26.0 Å². The molecule has 0 saturated carbocycles. The van der Waals surface area contributed by atoms with Crippen LogP contribution in [0.3, 0.4) is 0 Å². The minimum absolute atomic E-state index is 0.266. The van der Waals surface area contributed by atoms with Gasteiger partial charge < -0.3 is 5.73 Å². The van der Waals surface area contributed by atoms with Gasteiger partial charge in [-0.1, -0.05) is 38.1 Å². The first kappa shape index (κ1) is 14.9. The van der Waals surface area contributed by atoms with Crippen molar-refractivity contribution in [3.63, 3.8) is 0 Å². The average molecular weight is 267 g/mol. The molecule has 102 valence electrons. The third-order valence-corrected chi connectivity index (χ3v) is 2.90. The van der Waals surface area contributed by atoms with Crippen LogP contribution in [-0.4, -0.2) is 12.7 Å². The van der Waals surface area contributed by atoms with Crippen molar-refractivity contribution in [3.05, 3.63) is 35.4 Å². The summed E-state index contributed by atoms with van der Waals surface area (Å²) in [5.41, 5.74) is 4.59. The third kappa shape index (κ3) is 2.63. The molecule has 0 bridgehead atoms. The number of alkyl halides is 5. The molecule has 0 unspecified atom stereocenters. The van der Waals surface area contributed by atoms with E-state index in [0.29, 0.717) is 5.56 Å². The van der Waals surface area contributed by atoms with E-state index < -0.39 is 23.1 Å². The second-order valence-corrected chi connectivity index (χ2v) is 4.74. The van der Waals surface area contributed by atoms with Gasteiger partial charge in [0.25, 0.3) is 0 Å². The number of rotatable bonds is 3. The highest BCUT2D eigenvalue weighted by Crippen LogP contribution is 2.44. The smallest absolute Gasteiger partial charge is 0.330 e. The first-order valence-electron chi connectivity index (χ1n) is 5.28. The number of benzene rings is 1. The summed E-state index contributed by atoms with van der Waals surface area (Å²) >= 11 is 0. The van der Waals surface area contributed by atoms with Gasteiger partial charge in [0.15, 0.2) is 0 Å². The SMILES string of the molecule is CC(C)(CN)c1ccc(C(F)(F)C(F)(F)F)cc1. The maximum absolute atomic E-state index is 13.0. The van der Waals surface area contributed by atoms with Gasteiger partial charge in [0, 0.05) is 17.5 Å². The number of hydrogen-bond donors (Lipinski definition) is 1. The zero-order chi connectivity index (χ0) is 14.2. The second kappa shape index (κ2) is 4.50. The van der Waals surface area contributed by atoms with E-state index in [1.165, 1.54) is 12.1 Å². The molecule has 0 fully saturated rings. The second-order valence-electron chi connectivity index (χ2n) is 4.74. The van der Waals surface area contributed by atoms with Crippen molar-refractivity contribution in [3.8, 4) is 0 Å². The van der Waals surface area contributed by atoms with Gasteiger partial charge in [-0.2, -0.15) is 22.0 Å².